The first-order valence-corrected chi connectivity index (χ1v) is 8.68. The molecule has 0 saturated heterocycles. The predicted octanol–water partition coefficient (Wildman–Crippen LogP) is 4.32. The fourth-order valence-electron chi connectivity index (χ4n) is 3.27. The molecule has 0 bridgehead atoms. The molecule has 0 amide bonds. The molecule has 1 saturated carbocycles. The third-order valence-corrected chi connectivity index (χ3v) is 4.67. The van der Waals surface area contributed by atoms with Crippen molar-refractivity contribution in [1.82, 2.24) is 0 Å². The van der Waals surface area contributed by atoms with Crippen LogP contribution in [0.25, 0.3) is 0 Å². The van der Waals surface area contributed by atoms with Crippen molar-refractivity contribution in [3.8, 4) is 0 Å². The highest BCUT2D eigenvalue weighted by molar-refractivity contribution is 5.91. The Morgan fingerprint density at radius 3 is 2.20 bits per heavy atom. The van der Waals surface area contributed by atoms with E-state index in [1.54, 1.807) is 6.08 Å². The number of carbonyl (C=O) groups excluding carboxylic acids is 1. The average molecular weight is 336 g/mol. The van der Waals surface area contributed by atoms with Gasteiger partial charge in [-0.1, -0.05) is 73.3 Å². The first kappa shape index (κ1) is 17.6. The van der Waals surface area contributed by atoms with E-state index in [9.17, 15) is 4.79 Å². The van der Waals surface area contributed by atoms with Crippen molar-refractivity contribution >= 4 is 5.78 Å². The van der Waals surface area contributed by atoms with Crippen molar-refractivity contribution < 1.29 is 14.3 Å². The summed E-state index contributed by atoms with van der Waals surface area (Å²) < 4.78 is 11.8. The van der Waals surface area contributed by atoms with Crippen LogP contribution in [-0.2, 0) is 27.5 Å². The molecule has 0 heterocycles. The van der Waals surface area contributed by atoms with E-state index in [2.05, 4.69) is 6.58 Å². The molecular weight excluding hydrogens is 312 g/mol. The van der Waals surface area contributed by atoms with E-state index in [0.717, 1.165) is 11.1 Å². The molecule has 0 N–H and O–H groups in total. The molecule has 3 rings (SSSR count). The van der Waals surface area contributed by atoms with Crippen LogP contribution in [0.5, 0.6) is 0 Å². The largest absolute Gasteiger partial charge is 0.376 e. The van der Waals surface area contributed by atoms with Gasteiger partial charge in [0.15, 0.2) is 5.78 Å². The van der Waals surface area contributed by atoms with Crippen LogP contribution in [0.2, 0.25) is 0 Å². The molecule has 0 aromatic heterocycles. The molecule has 0 unspecified atom stereocenters. The lowest BCUT2D eigenvalue weighted by Gasteiger charge is -2.24. The number of Topliss-reactive ketones (excluding diaryl/α,β-unsaturated/α-hetero) is 1. The molecule has 0 radical (unpaired) electrons. The minimum Gasteiger partial charge on any atom is -0.376 e. The molecule has 1 fully saturated rings. The van der Waals surface area contributed by atoms with Gasteiger partial charge in [0.05, 0.1) is 19.8 Å². The third-order valence-electron chi connectivity index (χ3n) is 4.67. The summed E-state index contributed by atoms with van der Waals surface area (Å²) in [7, 11) is 0. The minimum atomic E-state index is -0.878. The quantitative estimate of drug-likeness (QED) is 0.673. The van der Waals surface area contributed by atoms with Gasteiger partial charge in [-0.15, -0.1) is 0 Å². The lowest BCUT2D eigenvalue weighted by atomic mass is 9.99. The first-order chi connectivity index (χ1) is 12.2. The molecule has 0 aliphatic heterocycles. The summed E-state index contributed by atoms with van der Waals surface area (Å²) in [6, 6.07) is 20.0. The zero-order valence-electron chi connectivity index (χ0n) is 14.4. The van der Waals surface area contributed by atoms with Crippen LogP contribution in [-0.4, -0.2) is 18.0 Å². The van der Waals surface area contributed by atoms with Gasteiger partial charge in [-0.2, -0.15) is 0 Å². The van der Waals surface area contributed by atoms with E-state index in [4.69, 9.17) is 9.47 Å². The molecule has 1 aliphatic carbocycles. The Morgan fingerprint density at radius 1 is 1.00 bits per heavy atom. The van der Waals surface area contributed by atoms with Crippen LogP contribution in [0.4, 0.5) is 0 Å². The van der Waals surface area contributed by atoms with Crippen molar-refractivity contribution in [2.24, 2.45) is 5.92 Å². The SMILES string of the molecule is C=C[C@@]1(OCc2ccccc2)C[C@@H](COCc2ccccc2)CC1=O. The van der Waals surface area contributed by atoms with Gasteiger partial charge in [-0.25, -0.2) is 0 Å². The van der Waals surface area contributed by atoms with Gasteiger partial charge >= 0.3 is 0 Å². The van der Waals surface area contributed by atoms with Crippen LogP contribution < -0.4 is 0 Å². The number of hydrogen-bond acceptors (Lipinski definition) is 3. The van der Waals surface area contributed by atoms with E-state index in [-0.39, 0.29) is 11.7 Å². The summed E-state index contributed by atoms with van der Waals surface area (Å²) in [4.78, 5) is 12.5. The normalized spacial score (nSPS) is 22.9. The third kappa shape index (κ3) is 4.44. The number of ketones is 1. The average Bonchev–Trinajstić information content (AvgIpc) is 2.98. The Labute approximate surface area is 149 Å². The molecule has 130 valence electrons. The molecule has 1 aliphatic rings. The highest BCUT2D eigenvalue weighted by atomic mass is 16.5. The highest BCUT2D eigenvalue weighted by Crippen LogP contribution is 2.36. The molecule has 2 aromatic carbocycles. The predicted molar refractivity (Wildman–Crippen MR) is 98.0 cm³/mol. The Morgan fingerprint density at radius 2 is 1.60 bits per heavy atom. The van der Waals surface area contributed by atoms with Crippen molar-refractivity contribution in [3.05, 3.63) is 84.4 Å². The molecule has 3 heteroatoms. The minimum absolute atomic E-state index is 0.103. The maximum Gasteiger partial charge on any atom is 0.168 e. The van der Waals surface area contributed by atoms with Crippen molar-refractivity contribution in [1.29, 1.82) is 0 Å². The number of benzene rings is 2. The Kier molecular flexibility index (Phi) is 5.79. The Balaban J connectivity index is 1.53. The molecule has 2 atom stereocenters. The van der Waals surface area contributed by atoms with Gasteiger partial charge in [-0.05, 0) is 23.5 Å². The molecule has 25 heavy (non-hydrogen) atoms. The second kappa shape index (κ2) is 8.24. The number of ether oxygens (including phenoxy) is 2. The smallest absolute Gasteiger partial charge is 0.168 e. The molecular formula is C22H24O3. The number of rotatable bonds is 8. The van der Waals surface area contributed by atoms with Crippen LogP contribution in [0.15, 0.2) is 73.3 Å². The van der Waals surface area contributed by atoms with Crippen LogP contribution in [0.3, 0.4) is 0 Å². The lowest BCUT2D eigenvalue weighted by molar-refractivity contribution is -0.135. The molecule has 3 nitrogen and oxygen atoms in total. The highest BCUT2D eigenvalue weighted by Gasteiger charge is 2.45. The van der Waals surface area contributed by atoms with E-state index < -0.39 is 5.60 Å². The fraction of sp³-hybridized carbons (Fsp3) is 0.318. The number of carbonyl (C=O) groups is 1. The summed E-state index contributed by atoms with van der Waals surface area (Å²) in [5.74, 6) is 0.275. The molecule has 2 aromatic rings. The topological polar surface area (TPSA) is 35.5 Å². The summed E-state index contributed by atoms with van der Waals surface area (Å²) in [6.45, 7) is 5.39. The first-order valence-electron chi connectivity index (χ1n) is 8.68. The van der Waals surface area contributed by atoms with E-state index in [0.29, 0.717) is 32.7 Å². The number of hydrogen-bond donors (Lipinski definition) is 0. The zero-order valence-corrected chi connectivity index (χ0v) is 14.4. The van der Waals surface area contributed by atoms with Gasteiger partial charge < -0.3 is 9.47 Å². The molecule has 0 spiro atoms. The summed E-state index contributed by atoms with van der Waals surface area (Å²) in [5.41, 5.74) is 1.32. The van der Waals surface area contributed by atoms with Crippen molar-refractivity contribution in [2.75, 3.05) is 6.61 Å². The Bertz CT molecular complexity index is 696. The summed E-state index contributed by atoms with van der Waals surface area (Å²) in [5, 5.41) is 0. The van der Waals surface area contributed by atoms with E-state index >= 15 is 0 Å². The lowest BCUT2D eigenvalue weighted by Crippen LogP contribution is -2.34. The van der Waals surface area contributed by atoms with Crippen molar-refractivity contribution in [2.45, 2.75) is 31.7 Å². The Hall–Kier alpha value is -2.23. The second-order valence-corrected chi connectivity index (χ2v) is 6.57. The van der Waals surface area contributed by atoms with Crippen LogP contribution >= 0.6 is 0 Å². The maximum atomic E-state index is 12.5. The van der Waals surface area contributed by atoms with E-state index in [1.807, 2.05) is 60.7 Å². The van der Waals surface area contributed by atoms with Gasteiger partial charge in [0, 0.05) is 6.42 Å². The second-order valence-electron chi connectivity index (χ2n) is 6.57. The zero-order chi connectivity index (χ0) is 17.5. The maximum absolute atomic E-state index is 12.5. The van der Waals surface area contributed by atoms with Gasteiger partial charge in [0.25, 0.3) is 0 Å². The summed E-state index contributed by atoms with van der Waals surface area (Å²) in [6.07, 6.45) is 2.78. The monoisotopic (exact) mass is 336 g/mol. The van der Waals surface area contributed by atoms with Gasteiger partial charge in [0.1, 0.15) is 5.60 Å². The van der Waals surface area contributed by atoms with Crippen LogP contribution in [0, 0.1) is 5.92 Å². The van der Waals surface area contributed by atoms with E-state index in [1.165, 1.54) is 0 Å². The fourth-order valence-corrected chi connectivity index (χ4v) is 3.27. The van der Waals surface area contributed by atoms with Crippen LogP contribution in [0.1, 0.15) is 24.0 Å². The van der Waals surface area contributed by atoms with Crippen molar-refractivity contribution in [3.63, 3.8) is 0 Å². The standard InChI is InChI=1S/C22H24O3/c1-2-22(25-17-19-11-7-4-8-12-19)14-20(13-21(22)23)16-24-15-18-9-5-3-6-10-18/h2-12,20H,1,13-17H2/t20-,22+/m0/s1. The van der Waals surface area contributed by atoms with Gasteiger partial charge in [0.2, 0.25) is 0 Å². The van der Waals surface area contributed by atoms with Gasteiger partial charge in [-0.3, -0.25) is 4.79 Å². The summed E-state index contributed by atoms with van der Waals surface area (Å²) >= 11 is 0.